The van der Waals surface area contributed by atoms with E-state index in [4.69, 9.17) is 9.47 Å². The van der Waals surface area contributed by atoms with E-state index in [0.29, 0.717) is 17.3 Å². The van der Waals surface area contributed by atoms with E-state index < -0.39 is 18.1 Å². The van der Waals surface area contributed by atoms with Crippen LogP contribution in [0.1, 0.15) is 96.8 Å². The number of likely N-dealkylation sites (N-methyl/N-ethyl adjacent to an activating group) is 1. The highest BCUT2D eigenvalue weighted by molar-refractivity contribution is 5.72. The number of nitrogens with zero attached hydrogens (tertiary/aromatic N) is 1. The number of carbonyl (C=O) groups excluding carboxylic acids is 1. The Kier molecular flexibility index (Phi) is 21.4. The van der Waals surface area contributed by atoms with Crippen molar-refractivity contribution in [2.24, 2.45) is 0 Å². The topological polar surface area (TPSA) is 93.1 Å². The average Bonchev–Trinajstić information content (AvgIpc) is 2.81. The number of rotatable bonds is 24. The van der Waals surface area contributed by atoms with E-state index in [0.717, 1.165) is 32.1 Å². The largest absolute Gasteiger partial charge is 0.477 e. The summed E-state index contributed by atoms with van der Waals surface area (Å²) < 4.78 is 10.8. The number of aliphatic hydroxyl groups is 1. The van der Waals surface area contributed by atoms with Crippen molar-refractivity contribution in [3.05, 3.63) is 24.3 Å². The molecule has 2 N–H and O–H groups in total. The van der Waals surface area contributed by atoms with Gasteiger partial charge in [-0.25, -0.2) is 4.79 Å². The number of aliphatic hydroxyl groups excluding tert-OH is 1. The van der Waals surface area contributed by atoms with E-state index in [1.165, 1.54) is 44.9 Å². The van der Waals surface area contributed by atoms with Crippen molar-refractivity contribution in [2.75, 3.05) is 41.0 Å². The van der Waals surface area contributed by atoms with Gasteiger partial charge in [-0.15, -0.1) is 0 Å². The lowest BCUT2D eigenvalue weighted by Crippen LogP contribution is -2.50. The quantitative estimate of drug-likeness (QED) is 0.0750. The van der Waals surface area contributed by atoms with Crippen LogP contribution in [0.5, 0.6) is 0 Å². The molecule has 0 aliphatic rings. The van der Waals surface area contributed by atoms with Gasteiger partial charge in [0.2, 0.25) is 0 Å². The van der Waals surface area contributed by atoms with Crippen LogP contribution >= 0.6 is 0 Å². The molecule has 0 aliphatic carbocycles. The summed E-state index contributed by atoms with van der Waals surface area (Å²) in [6.45, 7) is 2.38. The Balaban J connectivity index is 3.60. The van der Waals surface area contributed by atoms with Crippen molar-refractivity contribution in [3.8, 4) is 0 Å². The van der Waals surface area contributed by atoms with Crippen molar-refractivity contribution in [1.29, 1.82) is 0 Å². The summed E-state index contributed by atoms with van der Waals surface area (Å²) in [4.78, 5) is 23.2. The molecule has 0 bridgehead atoms. The van der Waals surface area contributed by atoms with E-state index in [-0.39, 0.29) is 25.8 Å². The minimum atomic E-state index is -0.907. The lowest BCUT2D eigenvalue weighted by atomic mass is 10.1. The van der Waals surface area contributed by atoms with Gasteiger partial charge in [-0.2, -0.15) is 0 Å². The SMILES string of the molecule is CCCCCC/C=C\C/C=C\CCCCCCCC(=O)OCC(O)COCCC(C(=O)O)[N+](C)(C)C. The van der Waals surface area contributed by atoms with Gasteiger partial charge in [-0.05, 0) is 38.5 Å². The number of hydrogen-bond acceptors (Lipinski definition) is 5. The van der Waals surface area contributed by atoms with Gasteiger partial charge in [0, 0.05) is 12.8 Å². The molecule has 0 aromatic rings. The summed E-state index contributed by atoms with van der Waals surface area (Å²) in [5.41, 5.74) is 0. The zero-order valence-electron chi connectivity index (χ0n) is 23.5. The maximum atomic E-state index is 11.8. The molecule has 0 radical (unpaired) electrons. The van der Waals surface area contributed by atoms with Crippen LogP contribution in [0.4, 0.5) is 0 Å². The third kappa shape index (κ3) is 21.6. The van der Waals surface area contributed by atoms with Gasteiger partial charge in [0.1, 0.15) is 12.7 Å². The minimum absolute atomic E-state index is 0.0144. The Bertz CT molecular complexity index is 611. The van der Waals surface area contributed by atoms with Crippen LogP contribution in [-0.2, 0) is 19.1 Å². The summed E-state index contributed by atoms with van der Waals surface area (Å²) in [5.74, 6) is -1.17. The molecule has 0 heterocycles. The zero-order valence-corrected chi connectivity index (χ0v) is 23.5. The summed E-state index contributed by atoms with van der Waals surface area (Å²) in [6.07, 6.45) is 22.7. The number of hydrogen-bond donors (Lipinski definition) is 2. The fraction of sp³-hybridized carbons (Fsp3) is 0.793. The second-order valence-corrected chi connectivity index (χ2v) is 10.5. The molecular formula is C29H54NO6+. The molecule has 210 valence electrons. The Hall–Kier alpha value is -1.70. The number of carbonyl (C=O) groups is 2. The second-order valence-electron chi connectivity index (χ2n) is 10.5. The van der Waals surface area contributed by atoms with Gasteiger partial charge in [-0.1, -0.05) is 69.8 Å². The highest BCUT2D eigenvalue weighted by Gasteiger charge is 2.30. The number of carboxylic acid groups (broad SMARTS) is 1. The Morgan fingerprint density at radius 2 is 1.42 bits per heavy atom. The third-order valence-corrected chi connectivity index (χ3v) is 6.08. The fourth-order valence-corrected chi connectivity index (χ4v) is 3.82. The summed E-state index contributed by atoms with van der Waals surface area (Å²) >= 11 is 0. The summed E-state index contributed by atoms with van der Waals surface area (Å²) in [7, 11) is 5.46. The summed E-state index contributed by atoms with van der Waals surface area (Å²) in [6, 6.07) is -0.575. The molecule has 0 amide bonds. The van der Waals surface area contributed by atoms with Gasteiger partial charge in [0.15, 0.2) is 6.04 Å². The van der Waals surface area contributed by atoms with E-state index in [9.17, 15) is 19.8 Å². The highest BCUT2D eigenvalue weighted by atomic mass is 16.5. The molecule has 0 fully saturated rings. The number of allylic oxidation sites excluding steroid dienone is 4. The Morgan fingerprint density at radius 1 is 0.833 bits per heavy atom. The fourth-order valence-electron chi connectivity index (χ4n) is 3.82. The Labute approximate surface area is 220 Å². The lowest BCUT2D eigenvalue weighted by Gasteiger charge is -2.31. The monoisotopic (exact) mass is 512 g/mol. The normalized spacial score (nSPS) is 13.9. The van der Waals surface area contributed by atoms with Gasteiger partial charge >= 0.3 is 11.9 Å². The van der Waals surface area contributed by atoms with Crippen molar-refractivity contribution in [2.45, 2.75) is 109 Å². The first-order valence-electron chi connectivity index (χ1n) is 13.9. The number of aliphatic carboxylic acids is 1. The van der Waals surface area contributed by atoms with Gasteiger partial charge < -0.3 is 24.2 Å². The van der Waals surface area contributed by atoms with Crippen LogP contribution < -0.4 is 0 Å². The first-order chi connectivity index (χ1) is 17.2. The van der Waals surface area contributed by atoms with Crippen LogP contribution in [0, 0.1) is 0 Å². The lowest BCUT2D eigenvalue weighted by molar-refractivity contribution is -0.887. The molecule has 0 saturated carbocycles. The minimum Gasteiger partial charge on any atom is -0.477 e. The molecular weight excluding hydrogens is 458 g/mol. The molecule has 0 rings (SSSR count). The van der Waals surface area contributed by atoms with E-state index >= 15 is 0 Å². The molecule has 0 saturated heterocycles. The predicted octanol–water partition coefficient (Wildman–Crippen LogP) is 5.66. The molecule has 7 heteroatoms. The first-order valence-corrected chi connectivity index (χ1v) is 13.9. The van der Waals surface area contributed by atoms with E-state index in [1.54, 1.807) is 0 Å². The molecule has 36 heavy (non-hydrogen) atoms. The third-order valence-electron chi connectivity index (χ3n) is 6.08. The summed E-state index contributed by atoms with van der Waals surface area (Å²) in [5, 5.41) is 19.2. The van der Waals surface area contributed by atoms with Crippen LogP contribution in [0.3, 0.4) is 0 Å². The van der Waals surface area contributed by atoms with Crippen LogP contribution in [0.25, 0.3) is 0 Å². The molecule has 0 spiro atoms. The first kappa shape index (κ1) is 34.3. The molecule has 7 nitrogen and oxygen atoms in total. The zero-order chi connectivity index (χ0) is 27.1. The molecule has 0 aromatic carbocycles. The van der Waals surface area contributed by atoms with Crippen molar-refractivity contribution < 1.29 is 33.8 Å². The van der Waals surface area contributed by atoms with Gasteiger partial charge in [0.05, 0.1) is 34.4 Å². The maximum Gasteiger partial charge on any atom is 0.362 e. The second kappa shape index (κ2) is 22.5. The van der Waals surface area contributed by atoms with E-state index in [1.807, 2.05) is 21.1 Å². The number of ether oxygens (including phenoxy) is 2. The number of quaternary nitrogens is 1. The standard InChI is InChI=1S/C29H53NO6/c1-5-6-7-8-9-10-11-12-13-14-15-16-17-18-19-20-21-28(32)36-25-26(31)24-35-23-22-27(29(33)34)30(2,3)4/h10-11,13-14,26-27,31H,5-9,12,15-25H2,1-4H3/p+1/b11-10-,14-13-. The molecule has 0 aliphatic heterocycles. The van der Waals surface area contributed by atoms with E-state index in [2.05, 4.69) is 31.2 Å². The smallest absolute Gasteiger partial charge is 0.362 e. The Morgan fingerprint density at radius 3 is 2.00 bits per heavy atom. The highest BCUT2D eigenvalue weighted by Crippen LogP contribution is 2.10. The van der Waals surface area contributed by atoms with Crippen molar-refractivity contribution in [1.82, 2.24) is 0 Å². The van der Waals surface area contributed by atoms with Gasteiger partial charge in [-0.3, -0.25) is 4.79 Å². The molecule has 2 atom stereocenters. The van der Waals surface area contributed by atoms with Crippen LogP contribution in [0.15, 0.2) is 24.3 Å². The maximum absolute atomic E-state index is 11.8. The van der Waals surface area contributed by atoms with Crippen molar-refractivity contribution in [3.63, 3.8) is 0 Å². The molecule has 0 aromatic heterocycles. The average molecular weight is 513 g/mol. The predicted molar refractivity (Wildman–Crippen MR) is 146 cm³/mol. The number of esters is 1. The van der Waals surface area contributed by atoms with Crippen LogP contribution in [-0.4, -0.2) is 79.7 Å². The van der Waals surface area contributed by atoms with Crippen LogP contribution in [0.2, 0.25) is 0 Å². The number of unbranched alkanes of at least 4 members (excludes halogenated alkanes) is 9. The van der Waals surface area contributed by atoms with Crippen molar-refractivity contribution >= 4 is 11.9 Å². The number of carboxylic acids is 1. The van der Waals surface area contributed by atoms with Gasteiger partial charge in [0.25, 0.3) is 0 Å². The molecule has 2 unspecified atom stereocenters.